The van der Waals surface area contributed by atoms with Crippen LogP contribution in [0.3, 0.4) is 0 Å². The fourth-order valence-corrected chi connectivity index (χ4v) is 15.5. The second-order valence-corrected chi connectivity index (χ2v) is 19.3. The van der Waals surface area contributed by atoms with Crippen LogP contribution in [0.25, 0.3) is 0 Å². The topological polar surface area (TPSA) is 0 Å². The van der Waals surface area contributed by atoms with Crippen molar-refractivity contribution in [3.05, 3.63) is 217 Å². The lowest BCUT2D eigenvalue weighted by Crippen LogP contribution is -2.33. The van der Waals surface area contributed by atoms with E-state index < -0.39 is 14.5 Å². The molecule has 2 heteroatoms. The molecule has 0 aliphatic rings. The molecule has 0 spiro atoms. The van der Waals surface area contributed by atoms with E-state index >= 15 is 0 Å². The van der Waals surface area contributed by atoms with E-state index in [0.717, 1.165) is 12.3 Å². The largest absolute Gasteiger partial charge is 0.116 e. The Morgan fingerprint density at radius 2 is 0.521 bits per heavy atom. The normalized spacial score (nSPS) is 12.7. The Hall–Kier alpha value is -4.60. The second-order valence-electron chi connectivity index (χ2n) is 12.4. The van der Waals surface area contributed by atoms with Gasteiger partial charge >= 0.3 is 0 Å². The van der Waals surface area contributed by atoms with Gasteiger partial charge in [-0.3, -0.25) is 0 Å². The quantitative estimate of drug-likeness (QED) is 0.0908. The minimum atomic E-state index is -1.92. The first-order valence-electron chi connectivity index (χ1n) is 16.7. The van der Waals surface area contributed by atoms with Gasteiger partial charge in [0.25, 0.3) is 0 Å². The predicted octanol–water partition coefficient (Wildman–Crippen LogP) is 9.42. The fourth-order valence-electron chi connectivity index (χ4n) is 6.83. The summed E-state index contributed by atoms with van der Waals surface area (Å²) in [6, 6.07) is 66.9. The Morgan fingerprint density at radius 1 is 0.333 bits per heavy atom. The van der Waals surface area contributed by atoms with Gasteiger partial charge in [0.2, 0.25) is 0 Å². The maximum Gasteiger partial charge on any atom is 0.116 e. The molecule has 0 N–H and O–H groups in total. The van der Waals surface area contributed by atoms with Crippen molar-refractivity contribution in [3.8, 4) is 0 Å². The van der Waals surface area contributed by atoms with E-state index in [1.807, 2.05) is 0 Å². The summed E-state index contributed by atoms with van der Waals surface area (Å²) in [6.07, 6.45) is 11.1. The molecule has 0 aliphatic carbocycles. The van der Waals surface area contributed by atoms with Crippen LogP contribution in [0.15, 0.2) is 217 Å². The maximum atomic E-state index is 2.32. The lowest BCUT2D eigenvalue weighted by molar-refractivity contribution is 1.38. The first-order chi connectivity index (χ1) is 23.6. The number of rotatable bonds is 12. The third-order valence-electron chi connectivity index (χ3n) is 9.03. The molecule has 0 aliphatic heterocycles. The van der Waals surface area contributed by atoms with Gasteiger partial charge in [0.15, 0.2) is 0 Å². The summed E-state index contributed by atoms with van der Waals surface area (Å²) < 4.78 is 0. The van der Waals surface area contributed by atoms with Crippen LogP contribution in [-0.2, 0) is 0 Å². The Balaban J connectivity index is 1.34. The summed E-state index contributed by atoms with van der Waals surface area (Å²) >= 11 is 0. The zero-order chi connectivity index (χ0) is 33.1. The molecule has 48 heavy (non-hydrogen) atoms. The van der Waals surface area contributed by atoms with E-state index in [4.69, 9.17) is 0 Å². The Bertz CT molecular complexity index is 1610. The molecule has 0 radical (unpaired) electrons. The van der Waals surface area contributed by atoms with E-state index in [2.05, 4.69) is 220 Å². The zero-order valence-corrected chi connectivity index (χ0v) is 29.7. The lowest BCUT2D eigenvalue weighted by Gasteiger charge is -2.28. The van der Waals surface area contributed by atoms with Crippen molar-refractivity contribution in [2.24, 2.45) is 0 Å². The SMILES string of the molecule is C\C(=C/C=C/C=C(\C)C[P+](c1ccccc1)(c1ccccc1)c1ccccc1)C[P+](c1ccccc1)(c1ccccc1)c1ccccc1. The Kier molecular flexibility index (Phi) is 11.1. The molecule has 6 aromatic rings. The minimum absolute atomic E-state index is 0.989. The lowest BCUT2D eigenvalue weighted by atomic mass is 10.2. The molecule has 0 saturated heterocycles. The van der Waals surface area contributed by atoms with Crippen LogP contribution in [0.4, 0.5) is 0 Å². The van der Waals surface area contributed by atoms with Crippen molar-refractivity contribution in [2.75, 3.05) is 12.3 Å². The summed E-state index contributed by atoms with van der Waals surface area (Å²) in [6.45, 7) is 4.59. The molecule has 0 saturated carbocycles. The predicted molar refractivity (Wildman–Crippen MR) is 217 cm³/mol. The molecule has 0 nitrogen and oxygen atoms in total. The highest BCUT2D eigenvalue weighted by molar-refractivity contribution is 7.96. The number of benzene rings is 6. The molecule has 6 rings (SSSR count). The third kappa shape index (κ3) is 7.27. The van der Waals surface area contributed by atoms with Crippen LogP contribution in [0, 0.1) is 0 Å². The molecule has 0 aromatic heterocycles. The van der Waals surface area contributed by atoms with Gasteiger partial charge in [-0.2, -0.15) is 0 Å². The van der Waals surface area contributed by atoms with Crippen molar-refractivity contribution in [1.82, 2.24) is 0 Å². The molecular formula is C46H44P2+2. The van der Waals surface area contributed by atoms with Crippen molar-refractivity contribution in [2.45, 2.75) is 13.8 Å². The average Bonchev–Trinajstić information content (AvgIpc) is 3.17. The summed E-state index contributed by atoms with van der Waals surface area (Å²) in [4.78, 5) is 0. The number of allylic oxidation sites excluding steroid dienone is 6. The summed E-state index contributed by atoms with van der Waals surface area (Å²) in [7, 11) is -3.84. The van der Waals surface area contributed by atoms with Crippen LogP contribution in [0.2, 0.25) is 0 Å². The first-order valence-corrected chi connectivity index (χ1v) is 20.7. The average molecular weight is 659 g/mol. The molecule has 0 bridgehead atoms. The van der Waals surface area contributed by atoms with Crippen LogP contribution in [-0.4, -0.2) is 12.3 Å². The van der Waals surface area contributed by atoms with Gasteiger partial charge in [-0.15, -0.1) is 0 Å². The van der Waals surface area contributed by atoms with Gasteiger partial charge in [-0.05, 0) is 97.8 Å². The molecule has 0 fully saturated rings. The van der Waals surface area contributed by atoms with Gasteiger partial charge in [-0.25, -0.2) is 0 Å². The molecular weight excluding hydrogens is 614 g/mol. The van der Waals surface area contributed by atoms with E-state index in [1.165, 1.54) is 43.0 Å². The van der Waals surface area contributed by atoms with Crippen molar-refractivity contribution in [3.63, 3.8) is 0 Å². The summed E-state index contributed by atoms with van der Waals surface area (Å²) in [5.74, 6) is 0. The van der Waals surface area contributed by atoms with Gasteiger partial charge < -0.3 is 0 Å². The molecule has 6 aromatic carbocycles. The van der Waals surface area contributed by atoms with E-state index in [0.29, 0.717) is 0 Å². The van der Waals surface area contributed by atoms with E-state index in [1.54, 1.807) is 0 Å². The van der Waals surface area contributed by atoms with Gasteiger partial charge in [0, 0.05) is 0 Å². The van der Waals surface area contributed by atoms with Crippen molar-refractivity contribution in [1.29, 1.82) is 0 Å². The Labute approximate surface area is 288 Å². The van der Waals surface area contributed by atoms with Crippen molar-refractivity contribution < 1.29 is 0 Å². The molecule has 236 valence electrons. The Morgan fingerprint density at radius 3 is 0.708 bits per heavy atom. The highest BCUT2D eigenvalue weighted by Gasteiger charge is 2.46. The first kappa shape index (κ1) is 33.3. The molecule has 0 amide bonds. The smallest absolute Gasteiger partial charge is 0.0622 e. The standard InChI is InChI=1S/C46H44P2/c1-39(37-47(41-25-9-3-10-26-41,42-27-11-4-12-28-42)43-29-13-5-14-30-43)23-21-22-24-40(2)38-48(44-31-15-6-16-32-44,45-33-17-7-18-34-45)46-35-19-8-20-36-46/h3-36H,37-38H2,1-2H3/q+2/b22-21+,39-23+,40-24+. The molecule has 0 unspecified atom stereocenters. The monoisotopic (exact) mass is 658 g/mol. The number of hydrogen-bond donors (Lipinski definition) is 0. The highest BCUT2D eigenvalue weighted by atomic mass is 31.2. The van der Waals surface area contributed by atoms with Crippen LogP contribution < -0.4 is 31.8 Å². The van der Waals surface area contributed by atoms with Crippen LogP contribution in [0.1, 0.15) is 13.8 Å². The zero-order valence-electron chi connectivity index (χ0n) is 27.9. The minimum Gasteiger partial charge on any atom is -0.0622 e. The molecule has 0 heterocycles. The second kappa shape index (κ2) is 16.0. The van der Waals surface area contributed by atoms with E-state index in [9.17, 15) is 0 Å². The number of hydrogen-bond acceptors (Lipinski definition) is 0. The van der Waals surface area contributed by atoms with E-state index in [-0.39, 0.29) is 0 Å². The van der Waals surface area contributed by atoms with Gasteiger partial charge in [-0.1, -0.05) is 133 Å². The maximum absolute atomic E-state index is 2.32. The van der Waals surface area contributed by atoms with Crippen LogP contribution in [0.5, 0.6) is 0 Å². The molecule has 0 atom stereocenters. The van der Waals surface area contributed by atoms with Gasteiger partial charge in [0.05, 0.1) is 12.3 Å². The van der Waals surface area contributed by atoms with Crippen LogP contribution >= 0.6 is 14.5 Å². The van der Waals surface area contributed by atoms with Gasteiger partial charge in [0.1, 0.15) is 46.4 Å². The summed E-state index contributed by atoms with van der Waals surface area (Å²) in [5.41, 5.74) is 2.75. The fraction of sp³-hybridized carbons (Fsp3) is 0.0870. The highest BCUT2D eigenvalue weighted by Crippen LogP contribution is 2.57. The third-order valence-corrected chi connectivity index (χ3v) is 18.1. The summed E-state index contributed by atoms with van der Waals surface area (Å²) in [5, 5.41) is 8.49. The van der Waals surface area contributed by atoms with Crippen molar-refractivity contribution >= 4 is 46.4 Å².